The quantitative estimate of drug-likeness (QED) is 0.742. The lowest BCUT2D eigenvalue weighted by molar-refractivity contribution is 0.269. The highest BCUT2D eigenvalue weighted by atomic mass is 32.2. The summed E-state index contributed by atoms with van der Waals surface area (Å²) in [5.41, 5.74) is 1.92. The van der Waals surface area contributed by atoms with E-state index >= 15 is 0 Å². The average Bonchev–Trinajstić information content (AvgIpc) is 2.44. The SMILES string of the molecule is CCC1(CC)CNc2c(cc(CO)cc2S(=O)(=O)O)C1. The molecule has 2 rings (SSSR count). The summed E-state index contributed by atoms with van der Waals surface area (Å²) in [4.78, 5) is -0.139. The number of aliphatic hydroxyl groups excluding tert-OH is 1. The maximum absolute atomic E-state index is 11.5. The van der Waals surface area contributed by atoms with E-state index in [9.17, 15) is 18.1 Å². The summed E-state index contributed by atoms with van der Waals surface area (Å²) < 4.78 is 32.4. The van der Waals surface area contributed by atoms with Crippen molar-refractivity contribution in [2.75, 3.05) is 11.9 Å². The van der Waals surface area contributed by atoms with Crippen LogP contribution in [0, 0.1) is 5.41 Å². The van der Waals surface area contributed by atoms with Crippen LogP contribution >= 0.6 is 0 Å². The normalized spacial score (nSPS) is 17.4. The maximum Gasteiger partial charge on any atom is 0.296 e. The van der Waals surface area contributed by atoms with Crippen molar-refractivity contribution in [1.82, 2.24) is 0 Å². The monoisotopic (exact) mass is 299 g/mol. The summed E-state index contributed by atoms with van der Waals surface area (Å²) in [7, 11) is -4.30. The third-order valence-electron chi connectivity index (χ3n) is 4.41. The molecule has 6 heteroatoms. The minimum absolute atomic E-state index is 0.0948. The van der Waals surface area contributed by atoms with Crippen LogP contribution in [0.25, 0.3) is 0 Å². The first-order valence-corrected chi connectivity index (χ1v) is 8.27. The van der Waals surface area contributed by atoms with E-state index in [2.05, 4.69) is 19.2 Å². The molecule has 112 valence electrons. The Morgan fingerprint density at radius 1 is 1.30 bits per heavy atom. The molecule has 5 nitrogen and oxygen atoms in total. The van der Waals surface area contributed by atoms with Crippen LogP contribution in [-0.4, -0.2) is 24.6 Å². The van der Waals surface area contributed by atoms with Crippen LogP contribution in [0.3, 0.4) is 0 Å². The summed E-state index contributed by atoms with van der Waals surface area (Å²) in [6.07, 6.45) is 2.72. The smallest absolute Gasteiger partial charge is 0.296 e. The number of fused-ring (bicyclic) bond motifs is 1. The van der Waals surface area contributed by atoms with Gasteiger partial charge in [0, 0.05) is 6.54 Å². The van der Waals surface area contributed by atoms with E-state index in [0.29, 0.717) is 17.8 Å². The predicted molar refractivity (Wildman–Crippen MR) is 77.4 cm³/mol. The molecule has 0 aromatic heterocycles. The number of hydrogen-bond acceptors (Lipinski definition) is 4. The molecular formula is C14H21NO4S. The second-order valence-electron chi connectivity index (χ2n) is 5.50. The molecule has 0 saturated heterocycles. The number of rotatable bonds is 4. The summed E-state index contributed by atoms with van der Waals surface area (Å²) in [5, 5.41) is 12.4. The fraction of sp³-hybridized carbons (Fsp3) is 0.571. The van der Waals surface area contributed by atoms with Crippen molar-refractivity contribution in [2.24, 2.45) is 5.41 Å². The molecule has 1 aromatic carbocycles. The van der Waals surface area contributed by atoms with E-state index in [-0.39, 0.29) is 16.9 Å². The molecule has 0 amide bonds. The summed E-state index contributed by atoms with van der Waals surface area (Å²) >= 11 is 0. The molecule has 1 aliphatic rings. The van der Waals surface area contributed by atoms with Crippen LogP contribution < -0.4 is 5.32 Å². The largest absolute Gasteiger partial charge is 0.392 e. The van der Waals surface area contributed by atoms with Gasteiger partial charge in [-0.25, -0.2) is 0 Å². The zero-order valence-electron chi connectivity index (χ0n) is 11.8. The Bertz CT molecular complexity index is 606. The Kier molecular flexibility index (Phi) is 4.09. The Balaban J connectivity index is 2.58. The van der Waals surface area contributed by atoms with E-state index in [4.69, 9.17) is 0 Å². The van der Waals surface area contributed by atoms with Gasteiger partial charge < -0.3 is 10.4 Å². The molecule has 0 saturated carbocycles. The molecule has 1 aliphatic heterocycles. The first-order chi connectivity index (χ1) is 9.35. The van der Waals surface area contributed by atoms with Gasteiger partial charge in [0.1, 0.15) is 4.90 Å². The van der Waals surface area contributed by atoms with Crippen molar-refractivity contribution >= 4 is 15.8 Å². The lowest BCUT2D eigenvalue weighted by atomic mass is 9.74. The number of anilines is 1. The number of benzene rings is 1. The Labute approximate surface area is 119 Å². The molecule has 0 spiro atoms. The summed E-state index contributed by atoms with van der Waals surface area (Å²) in [5.74, 6) is 0. The molecule has 1 heterocycles. The van der Waals surface area contributed by atoms with Gasteiger partial charge in [0.15, 0.2) is 0 Å². The molecule has 0 bridgehead atoms. The molecule has 0 atom stereocenters. The van der Waals surface area contributed by atoms with Crippen LogP contribution in [0.5, 0.6) is 0 Å². The number of nitrogens with one attached hydrogen (secondary N) is 1. The van der Waals surface area contributed by atoms with Crippen molar-refractivity contribution in [3.05, 3.63) is 23.3 Å². The molecule has 0 unspecified atom stereocenters. The van der Waals surface area contributed by atoms with Gasteiger partial charge in [-0.2, -0.15) is 8.42 Å². The van der Waals surface area contributed by atoms with Gasteiger partial charge in [-0.05, 0) is 41.9 Å². The van der Waals surface area contributed by atoms with Crippen molar-refractivity contribution in [3.63, 3.8) is 0 Å². The van der Waals surface area contributed by atoms with Crippen LogP contribution in [0.1, 0.15) is 37.8 Å². The lowest BCUT2D eigenvalue weighted by Crippen LogP contribution is -2.36. The van der Waals surface area contributed by atoms with E-state index in [1.165, 1.54) is 6.07 Å². The van der Waals surface area contributed by atoms with Gasteiger partial charge in [-0.1, -0.05) is 19.9 Å². The van der Waals surface area contributed by atoms with E-state index in [0.717, 1.165) is 24.8 Å². The number of aliphatic hydroxyl groups is 1. The minimum atomic E-state index is -4.30. The Hall–Kier alpha value is -1.11. The first kappa shape index (κ1) is 15.3. The van der Waals surface area contributed by atoms with Gasteiger partial charge in [-0.15, -0.1) is 0 Å². The average molecular weight is 299 g/mol. The first-order valence-electron chi connectivity index (χ1n) is 6.83. The van der Waals surface area contributed by atoms with Gasteiger partial charge in [0.25, 0.3) is 10.1 Å². The fourth-order valence-corrected chi connectivity index (χ4v) is 3.63. The standard InChI is InChI=1S/C14H21NO4S/c1-3-14(4-2)7-11-5-10(8-16)6-12(20(17,18)19)13(11)15-9-14/h5-6,15-16H,3-4,7-9H2,1-2H3,(H,17,18,19). The minimum Gasteiger partial charge on any atom is -0.392 e. The molecule has 20 heavy (non-hydrogen) atoms. The van der Waals surface area contributed by atoms with Crippen LogP contribution in [0.15, 0.2) is 17.0 Å². The van der Waals surface area contributed by atoms with Crippen LogP contribution in [-0.2, 0) is 23.1 Å². The second-order valence-corrected chi connectivity index (χ2v) is 6.89. The third kappa shape index (κ3) is 2.68. The van der Waals surface area contributed by atoms with Crippen molar-refractivity contribution < 1.29 is 18.1 Å². The molecule has 3 N–H and O–H groups in total. The van der Waals surface area contributed by atoms with Gasteiger partial charge in [0.2, 0.25) is 0 Å². The van der Waals surface area contributed by atoms with Crippen molar-refractivity contribution in [2.45, 2.75) is 44.6 Å². The Morgan fingerprint density at radius 3 is 2.45 bits per heavy atom. The van der Waals surface area contributed by atoms with Gasteiger partial charge >= 0.3 is 0 Å². The molecule has 1 aromatic rings. The fourth-order valence-electron chi connectivity index (χ4n) is 2.86. The van der Waals surface area contributed by atoms with E-state index < -0.39 is 10.1 Å². The molecule has 0 aliphatic carbocycles. The topological polar surface area (TPSA) is 86.6 Å². The Morgan fingerprint density at radius 2 is 1.95 bits per heavy atom. The van der Waals surface area contributed by atoms with Crippen LogP contribution in [0.4, 0.5) is 5.69 Å². The zero-order chi connectivity index (χ0) is 15.0. The maximum atomic E-state index is 11.5. The lowest BCUT2D eigenvalue weighted by Gasteiger charge is -2.38. The van der Waals surface area contributed by atoms with Crippen LogP contribution in [0.2, 0.25) is 0 Å². The van der Waals surface area contributed by atoms with Gasteiger partial charge in [-0.3, -0.25) is 4.55 Å². The van der Waals surface area contributed by atoms with Gasteiger partial charge in [0.05, 0.1) is 12.3 Å². The molecule has 0 fully saturated rings. The number of hydrogen-bond donors (Lipinski definition) is 3. The van der Waals surface area contributed by atoms with Crippen molar-refractivity contribution in [1.29, 1.82) is 0 Å². The highest BCUT2D eigenvalue weighted by Gasteiger charge is 2.34. The zero-order valence-corrected chi connectivity index (χ0v) is 12.6. The predicted octanol–water partition coefficient (Wildman–Crippen LogP) is 2.20. The molecular weight excluding hydrogens is 278 g/mol. The van der Waals surface area contributed by atoms with Crippen molar-refractivity contribution in [3.8, 4) is 0 Å². The third-order valence-corrected chi connectivity index (χ3v) is 5.29. The summed E-state index contributed by atoms with van der Waals surface area (Å²) in [6.45, 7) is 4.68. The molecule has 0 radical (unpaired) electrons. The highest BCUT2D eigenvalue weighted by molar-refractivity contribution is 7.86. The summed E-state index contributed by atoms with van der Waals surface area (Å²) in [6, 6.07) is 3.14. The second kappa shape index (κ2) is 5.35. The van der Waals surface area contributed by atoms with E-state index in [1.54, 1.807) is 0 Å². The van der Waals surface area contributed by atoms with E-state index in [1.807, 2.05) is 6.07 Å². The highest BCUT2D eigenvalue weighted by Crippen LogP contribution is 2.41.